The van der Waals surface area contributed by atoms with Crippen LogP contribution in [0.4, 0.5) is 0 Å². The summed E-state index contributed by atoms with van der Waals surface area (Å²) in [5.41, 5.74) is 1.24. The van der Waals surface area contributed by atoms with Gasteiger partial charge in [0.2, 0.25) is 0 Å². The van der Waals surface area contributed by atoms with E-state index in [4.69, 9.17) is 9.47 Å². The molecule has 1 aliphatic heterocycles. The number of rotatable bonds is 8. The molecule has 0 aliphatic carbocycles. The number of hydrogen-bond donors (Lipinski definition) is 1. The molecule has 1 aromatic carbocycles. The molecular formula is C17H28N2O2. The van der Waals surface area contributed by atoms with Crippen LogP contribution < -0.4 is 10.1 Å². The van der Waals surface area contributed by atoms with Crippen molar-refractivity contribution in [3.8, 4) is 5.75 Å². The minimum atomic E-state index is 0.497. The summed E-state index contributed by atoms with van der Waals surface area (Å²) in [5, 5.41) is 3.62. The van der Waals surface area contributed by atoms with Crippen molar-refractivity contribution in [1.29, 1.82) is 0 Å². The first-order valence-corrected chi connectivity index (χ1v) is 7.86. The van der Waals surface area contributed by atoms with E-state index in [0.717, 1.165) is 38.6 Å². The zero-order chi connectivity index (χ0) is 15.1. The van der Waals surface area contributed by atoms with Crippen LogP contribution in [0, 0.1) is 5.92 Å². The second-order valence-electron chi connectivity index (χ2n) is 5.80. The van der Waals surface area contributed by atoms with E-state index in [2.05, 4.69) is 36.3 Å². The quantitative estimate of drug-likeness (QED) is 0.796. The zero-order valence-electron chi connectivity index (χ0n) is 13.5. The molecule has 0 saturated carbocycles. The third-order valence-corrected chi connectivity index (χ3v) is 4.14. The first-order chi connectivity index (χ1) is 10.2. The highest BCUT2D eigenvalue weighted by atomic mass is 16.5. The van der Waals surface area contributed by atoms with Gasteiger partial charge in [-0.05, 0) is 26.1 Å². The molecule has 1 heterocycles. The van der Waals surface area contributed by atoms with E-state index in [0.29, 0.717) is 12.0 Å². The van der Waals surface area contributed by atoms with Crippen LogP contribution in [0.15, 0.2) is 24.3 Å². The van der Waals surface area contributed by atoms with Gasteiger partial charge in [0.1, 0.15) is 5.75 Å². The first kappa shape index (κ1) is 16.3. The van der Waals surface area contributed by atoms with Crippen molar-refractivity contribution in [2.45, 2.75) is 25.9 Å². The molecule has 118 valence electrons. The van der Waals surface area contributed by atoms with Gasteiger partial charge in [-0.1, -0.05) is 25.1 Å². The lowest BCUT2D eigenvalue weighted by molar-refractivity contribution is 0.166. The Labute approximate surface area is 128 Å². The van der Waals surface area contributed by atoms with Gasteiger partial charge in [0, 0.05) is 37.2 Å². The Bertz CT molecular complexity index is 419. The Morgan fingerprint density at radius 1 is 1.43 bits per heavy atom. The molecule has 4 heteroatoms. The molecular weight excluding hydrogens is 264 g/mol. The van der Waals surface area contributed by atoms with E-state index in [-0.39, 0.29) is 0 Å². The lowest BCUT2D eigenvalue weighted by Crippen LogP contribution is -2.44. The molecule has 4 nitrogen and oxygen atoms in total. The predicted molar refractivity (Wildman–Crippen MR) is 85.7 cm³/mol. The average molecular weight is 292 g/mol. The minimum Gasteiger partial charge on any atom is -0.496 e. The van der Waals surface area contributed by atoms with Gasteiger partial charge in [-0.25, -0.2) is 0 Å². The molecule has 1 fully saturated rings. The van der Waals surface area contributed by atoms with Crippen molar-refractivity contribution in [2.75, 3.05) is 40.5 Å². The van der Waals surface area contributed by atoms with E-state index >= 15 is 0 Å². The Hall–Kier alpha value is -1.10. The van der Waals surface area contributed by atoms with Crippen LogP contribution in [0.25, 0.3) is 0 Å². The molecule has 0 bridgehead atoms. The highest BCUT2D eigenvalue weighted by Crippen LogP contribution is 2.21. The van der Waals surface area contributed by atoms with Crippen molar-refractivity contribution >= 4 is 0 Å². The summed E-state index contributed by atoms with van der Waals surface area (Å²) >= 11 is 0. The summed E-state index contributed by atoms with van der Waals surface area (Å²) in [7, 11) is 3.91. The Balaban J connectivity index is 1.93. The average Bonchev–Trinajstić information content (AvgIpc) is 3.01. The summed E-state index contributed by atoms with van der Waals surface area (Å²) in [6.07, 6.45) is 1.17. The summed E-state index contributed by atoms with van der Waals surface area (Å²) in [6, 6.07) is 8.74. The molecule has 2 rings (SSSR count). The van der Waals surface area contributed by atoms with Crippen LogP contribution in [0.3, 0.4) is 0 Å². The minimum absolute atomic E-state index is 0.497. The molecule has 1 saturated heterocycles. The number of methoxy groups -OCH3 is 1. The highest BCUT2D eigenvalue weighted by Gasteiger charge is 2.26. The monoisotopic (exact) mass is 292 g/mol. The van der Waals surface area contributed by atoms with Gasteiger partial charge in [-0.2, -0.15) is 0 Å². The Morgan fingerprint density at radius 2 is 2.24 bits per heavy atom. The third kappa shape index (κ3) is 4.70. The number of nitrogens with zero attached hydrogens (tertiary/aromatic N) is 1. The second kappa shape index (κ2) is 8.37. The van der Waals surface area contributed by atoms with Gasteiger partial charge >= 0.3 is 0 Å². The summed E-state index contributed by atoms with van der Waals surface area (Å²) in [6.45, 7) is 6.90. The van der Waals surface area contributed by atoms with Crippen LogP contribution in [0.5, 0.6) is 5.75 Å². The Kier molecular flexibility index (Phi) is 6.49. The molecule has 2 atom stereocenters. The molecule has 0 amide bonds. The van der Waals surface area contributed by atoms with E-state index < -0.39 is 0 Å². The number of hydrogen-bond acceptors (Lipinski definition) is 4. The van der Waals surface area contributed by atoms with Gasteiger partial charge < -0.3 is 19.7 Å². The maximum atomic E-state index is 5.54. The highest BCUT2D eigenvalue weighted by molar-refractivity contribution is 5.33. The first-order valence-electron chi connectivity index (χ1n) is 7.86. The molecule has 1 aliphatic rings. The predicted octanol–water partition coefficient (Wildman–Crippen LogP) is 2.14. The fourth-order valence-electron chi connectivity index (χ4n) is 3.04. The third-order valence-electron chi connectivity index (χ3n) is 4.14. The van der Waals surface area contributed by atoms with Crippen LogP contribution >= 0.6 is 0 Å². The Morgan fingerprint density at radius 3 is 2.90 bits per heavy atom. The van der Waals surface area contributed by atoms with Crippen molar-refractivity contribution < 1.29 is 9.47 Å². The standard InChI is InChI=1S/C17H28N2O2/c1-4-18-16(15-9-10-21-13-15)12-19(2)11-14-7-5-6-8-17(14)20-3/h5-8,15-16,18H,4,9-13H2,1-3H3. The SMILES string of the molecule is CCNC(CN(C)Cc1ccccc1OC)C1CCOC1. The summed E-state index contributed by atoms with van der Waals surface area (Å²) in [5.74, 6) is 1.60. The van der Waals surface area contributed by atoms with E-state index in [9.17, 15) is 0 Å². The van der Waals surface area contributed by atoms with Gasteiger partial charge in [0.25, 0.3) is 0 Å². The molecule has 21 heavy (non-hydrogen) atoms. The fourth-order valence-corrected chi connectivity index (χ4v) is 3.04. The zero-order valence-corrected chi connectivity index (χ0v) is 13.5. The van der Waals surface area contributed by atoms with Crippen molar-refractivity contribution in [3.05, 3.63) is 29.8 Å². The number of para-hydroxylation sites is 1. The summed E-state index contributed by atoms with van der Waals surface area (Å²) in [4.78, 5) is 2.36. The molecule has 2 unspecified atom stereocenters. The lowest BCUT2D eigenvalue weighted by atomic mass is 9.98. The number of nitrogens with one attached hydrogen (secondary N) is 1. The van der Waals surface area contributed by atoms with Crippen molar-refractivity contribution in [3.63, 3.8) is 0 Å². The van der Waals surface area contributed by atoms with Crippen LogP contribution in [-0.4, -0.2) is 51.4 Å². The largest absolute Gasteiger partial charge is 0.496 e. The fraction of sp³-hybridized carbons (Fsp3) is 0.647. The molecule has 0 radical (unpaired) electrons. The van der Waals surface area contributed by atoms with E-state index in [1.54, 1.807) is 7.11 Å². The molecule has 0 aromatic heterocycles. The van der Waals surface area contributed by atoms with Crippen LogP contribution in [0.1, 0.15) is 18.9 Å². The van der Waals surface area contributed by atoms with Crippen molar-refractivity contribution in [2.24, 2.45) is 5.92 Å². The number of likely N-dealkylation sites (N-methyl/N-ethyl adjacent to an activating group) is 2. The normalized spacial score (nSPS) is 19.9. The molecule has 0 spiro atoms. The maximum absolute atomic E-state index is 5.54. The van der Waals surface area contributed by atoms with Crippen LogP contribution in [-0.2, 0) is 11.3 Å². The number of benzene rings is 1. The van der Waals surface area contributed by atoms with E-state index in [1.807, 2.05) is 12.1 Å². The van der Waals surface area contributed by atoms with Crippen molar-refractivity contribution in [1.82, 2.24) is 10.2 Å². The van der Waals surface area contributed by atoms with Gasteiger partial charge in [-0.15, -0.1) is 0 Å². The van der Waals surface area contributed by atoms with Gasteiger partial charge in [0.05, 0.1) is 13.7 Å². The molecule has 1 N–H and O–H groups in total. The van der Waals surface area contributed by atoms with Crippen LogP contribution in [0.2, 0.25) is 0 Å². The lowest BCUT2D eigenvalue weighted by Gasteiger charge is -2.28. The number of ether oxygens (including phenoxy) is 2. The summed E-state index contributed by atoms with van der Waals surface area (Å²) < 4.78 is 11.0. The van der Waals surface area contributed by atoms with Gasteiger partial charge in [-0.3, -0.25) is 0 Å². The van der Waals surface area contributed by atoms with Gasteiger partial charge in [0.15, 0.2) is 0 Å². The maximum Gasteiger partial charge on any atom is 0.123 e. The second-order valence-corrected chi connectivity index (χ2v) is 5.80. The topological polar surface area (TPSA) is 33.7 Å². The molecule has 1 aromatic rings. The smallest absolute Gasteiger partial charge is 0.123 e. The van der Waals surface area contributed by atoms with E-state index in [1.165, 1.54) is 12.0 Å².